The SMILES string of the molecule is CC(C)(C)OC(=O)NCC1(COc2ccncc2N)CCCCC1. The molecule has 1 saturated carbocycles. The fourth-order valence-electron chi connectivity index (χ4n) is 3.00. The summed E-state index contributed by atoms with van der Waals surface area (Å²) in [4.78, 5) is 15.9. The molecule has 0 bridgehead atoms. The third-order valence-electron chi connectivity index (χ3n) is 4.26. The molecule has 0 radical (unpaired) electrons. The minimum Gasteiger partial charge on any atom is -0.491 e. The van der Waals surface area contributed by atoms with Crippen LogP contribution in [-0.4, -0.2) is 29.8 Å². The molecule has 134 valence electrons. The predicted octanol–water partition coefficient (Wildman–Crippen LogP) is 3.52. The number of aromatic nitrogens is 1. The van der Waals surface area contributed by atoms with Crippen LogP contribution in [0.2, 0.25) is 0 Å². The summed E-state index contributed by atoms with van der Waals surface area (Å²) in [6.45, 7) is 6.65. The van der Waals surface area contributed by atoms with Crippen LogP contribution in [0, 0.1) is 5.41 Å². The minimum atomic E-state index is -0.494. The zero-order valence-electron chi connectivity index (χ0n) is 14.9. The molecule has 6 nitrogen and oxygen atoms in total. The van der Waals surface area contributed by atoms with Gasteiger partial charge in [0, 0.05) is 24.2 Å². The Bertz CT molecular complexity index is 549. The number of ether oxygens (including phenoxy) is 2. The summed E-state index contributed by atoms with van der Waals surface area (Å²) in [5.74, 6) is 0.646. The zero-order chi connectivity index (χ0) is 17.6. The highest BCUT2D eigenvalue weighted by Crippen LogP contribution is 2.37. The lowest BCUT2D eigenvalue weighted by Crippen LogP contribution is -2.44. The number of hydrogen-bond acceptors (Lipinski definition) is 5. The van der Waals surface area contributed by atoms with Crippen molar-refractivity contribution in [3.05, 3.63) is 18.5 Å². The molecule has 2 rings (SSSR count). The first kappa shape index (κ1) is 18.4. The maximum absolute atomic E-state index is 12.0. The quantitative estimate of drug-likeness (QED) is 0.860. The van der Waals surface area contributed by atoms with E-state index in [0.29, 0.717) is 24.6 Å². The second kappa shape index (κ2) is 7.73. The summed E-state index contributed by atoms with van der Waals surface area (Å²) in [6, 6.07) is 1.77. The van der Waals surface area contributed by atoms with Gasteiger partial charge >= 0.3 is 6.09 Å². The van der Waals surface area contributed by atoms with E-state index in [4.69, 9.17) is 15.2 Å². The van der Waals surface area contributed by atoms with Gasteiger partial charge in [0.15, 0.2) is 0 Å². The number of amides is 1. The van der Waals surface area contributed by atoms with Crippen molar-refractivity contribution in [1.29, 1.82) is 0 Å². The summed E-state index contributed by atoms with van der Waals surface area (Å²) >= 11 is 0. The van der Waals surface area contributed by atoms with Crippen LogP contribution in [0.5, 0.6) is 5.75 Å². The van der Waals surface area contributed by atoms with Gasteiger partial charge < -0.3 is 20.5 Å². The van der Waals surface area contributed by atoms with E-state index in [-0.39, 0.29) is 11.5 Å². The van der Waals surface area contributed by atoms with E-state index in [1.54, 1.807) is 18.5 Å². The lowest BCUT2D eigenvalue weighted by Gasteiger charge is -2.37. The van der Waals surface area contributed by atoms with E-state index in [0.717, 1.165) is 25.7 Å². The molecule has 0 unspecified atom stereocenters. The molecule has 0 spiro atoms. The van der Waals surface area contributed by atoms with Gasteiger partial charge in [-0.1, -0.05) is 19.3 Å². The fourth-order valence-corrected chi connectivity index (χ4v) is 3.00. The summed E-state index contributed by atoms with van der Waals surface area (Å²) in [5, 5.41) is 2.92. The molecule has 1 aliphatic rings. The summed E-state index contributed by atoms with van der Waals surface area (Å²) in [5.41, 5.74) is 5.85. The number of nitrogen functional groups attached to an aromatic ring is 1. The maximum Gasteiger partial charge on any atom is 0.407 e. The van der Waals surface area contributed by atoms with Crippen molar-refractivity contribution in [2.45, 2.75) is 58.5 Å². The molecule has 1 heterocycles. The monoisotopic (exact) mass is 335 g/mol. The van der Waals surface area contributed by atoms with Gasteiger partial charge in [-0.25, -0.2) is 4.79 Å². The molecule has 0 aromatic carbocycles. The topological polar surface area (TPSA) is 86.5 Å². The third-order valence-corrected chi connectivity index (χ3v) is 4.26. The largest absolute Gasteiger partial charge is 0.491 e. The smallest absolute Gasteiger partial charge is 0.407 e. The molecule has 0 atom stereocenters. The van der Waals surface area contributed by atoms with Crippen molar-refractivity contribution in [2.24, 2.45) is 5.41 Å². The van der Waals surface area contributed by atoms with E-state index in [1.165, 1.54) is 6.42 Å². The molecule has 24 heavy (non-hydrogen) atoms. The van der Waals surface area contributed by atoms with E-state index in [9.17, 15) is 4.79 Å². The Morgan fingerprint density at radius 3 is 2.67 bits per heavy atom. The van der Waals surface area contributed by atoms with E-state index < -0.39 is 5.60 Å². The van der Waals surface area contributed by atoms with Crippen LogP contribution in [0.3, 0.4) is 0 Å². The van der Waals surface area contributed by atoms with Gasteiger partial charge in [-0.15, -0.1) is 0 Å². The number of nitrogens with zero attached hydrogens (tertiary/aromatic N) is 1. The van der Waals surface area contributed by atoms with Crippen LogP contribution in [0.15, 0.2) is 18.5 Å². The first-order valence-corrected chi connectivity index (χ1v) is 8.59. The Kier molecular flexibility index (Phi) is 5.91. The van der Waals surface area contributed by atoms with Gasteiger partial charge in [0.25, 0.3) is 0 Å². The molecular formula is C18H29N3O3. The molecule has 6 heteroatoms. The standard InChI is InChI=1S/C18H29N3O3/c1-17(2,3)24-16(22)21-12-18(8-5-4-6-9-18)13-23-15-7-10-20-11-14(15)19/h7,10-11H,4-6,8-9,12-13,19H2,1-3H3,(H,21,22). The van der Waals surface area contributed by atoms with Gasteiger partial charge in [-0.3, -0.25) is 4.98 Å². The van der Waals surface area contributed by atoms with Gasteiger partial charge in [-0.2, -0.15) is 0 Å². The van der Waals surface area contributed by atoms with E-state index in [1.807, 2.05) is 20.8 Å². The molecule has 0 saturated heterocycles. The highest BCUT2D eigenvalue weighted by molar-refractivity contribution is 5.67. The van der Waals surface area contributed by atoms with Crippen LogP contribution in [0.4, 0.5) is 10.5 Å². The van der Waals surface area contributed by atoms with Crippen LogP contribution < -0.4 is 15.8 Å². The highest BCUT2D eigenvalue weighted by Gasteiger charge is 2.34. The van der Waals surface area contributed by atoms with Crippen molar-refractivity contribution in [3.8, 4) is 5.75 Å². The number of hydrogen-bond donors (Lipinski definition) is 2. The Morgan fingerprint density at radius 1 is 1.33 bits per heavy atom. The number of carbonyl (C=O) groups is 1. The summed E-state index contributed by atoms with van der Waals surface area (Å²) in [7, 11) is 0. The van der Waals surface area contributed by atoms with Crippen LogP contribution >= 0.6 is 0 Å². The minimum absolute atomic E-state index is 0.0785. The van der Waals surface area contributed by atoms with Crippen molar-refractivity contribution in [2.75, 3.05) is 18.9 Å². The van der Waals surface area contributed by atoms with Gasteiger partial charge in [0.1, 0.15) is 11.4 Å². The first-order chi connectivity index (χ1) is 11.3. The number of anilines is 1. The summed E-state index contributed by atoms with van der Waals surface area (Å²) in [6.07, 6.45) is 8.43. The Labute approximate surface area is 144 Å². The number of rotatable bonds is 5. The Hall–Kier alpha value is -1.98. The molecule has 1 amide bonds. The maximum atomic E-state index is 12.0. The molecule has 1 aromatic heterocycles. The number of nitrogens with two attached hydrogens (primary N) is 1. The number of carbonyl (C=O) groups excluding carboxylic acids is 1. The van der Waals surface area contributed by atoms with Crippen molar-refractivity contribution >= 4 is 11.8 Å². The fraction of sp³-hybridized carbons (Fsp3) is 0.667. The molecule has 1 fully saturated rings. The van der Waals surface area contributed by atoms with Crippen LogP contribution in [0.25, 0.3) is 0 Å². The molecule has 1 aliphatic carbocycles. The second-order valence-electron chi connectivity index (χ2n) is 7.62. The van der Waals surface area contributed by atoms with Crippen molar-refractivity contribution in [1.82, 2.24) is 10.3 Å². The third kappa shape index (κ3) is 5.58. The van der Waals surface area contributed by atoms with Crippen LogP contribution in [-0.2, 0) is 4.74 Å². The average Bonchev–Trinajstić information content (AvgIpc) is 2.52. The Morgan fingerprint density at radius 2 is 2.04 bits per heavy atom. The van der Waals surface area contributed by atoms with Crippen LogP contribution in [0.1, 0.15) is 52.9 Å². The van der Waals surface area contributed by atoms with Crippen molar-refractivity contribution in [3.63, 3.8) is 0 Å². The number of nitrogens with one attached hydrogen (secondary N) is 1. The normalized spacial score (nSPS) is 17.1. The van der Waals surface area contributed by atoms with Gasteiger partial charge in [0.2, 0.25) is 0 Å². The summed E-state index contributed by atoms with van der Waals surface area (Å²) < 4.78 is 11.3. The molecule has 3 N–H and O–H groups in total. The molecule has 0 aliphatic heterocycles. The average molecular weight is 335 g/mol. The molecule has 1 aromatic rings. The van der Waals surface area contributed by atoms with Crippen molar-refractivity contribution < 1.29 is 14.3 Å². The lowest BCUT2D eigenvalue weighted by molar-refractivity contribution is 0.0434. The van der Waals surface area contributed by atoms with E-state index >= 15 is 0 Å². The second-order valence-corrected chi connectivity index (χ2v) is 7.62. The zero-order valence-corrected chi connectivity index (χ0v) is 14.9. The number of alkyl carbamates (subject to hydrolysis) is 1. The lowest BCUT2D eigenvalue weighted by atomic mass is 9.74. The first-order valence-electron chi connectivity index (χ1n) is 8.59. The van der Waals surface area contributed by atoms with E-state index in [2.05, 4.69) is 10.3 Å². The highest BCUT2D eigenvalue weighted by atomic mass is 16.6. The van der Waals surface area contributed by atoms with Gasteiger partial charge in [0.05, 0.1) is 18.5 Å². The predicted molar refractivity (Wildman–Crippen MR) is 93.9 cm³/mol. The Balaban J connectivity index is 1.96. The number of pyridine rings is 1. The molecular weight excluding hydrogens is 306 g/mol. The van der Waals surface area contributed by atoms with Gasteiger partial charge in [-0.05, 0) is 33.6 Å².